The Balaban J connectivity index is -0.000000720. The van der Waals surface area contributed by atoms with Gasteiger partial charge in [-0.3, -0.25) is 9.36 Å². The van der Waals surface area contributed by atoms with Gasteiger partial charge in [0.1, 0.15) is 12.2 Å². The van der Waals surface area contributed by atoms with E-state index in [4.69, 9.17) is 25.1 Å². The fourth-order valence-electron chi connectivity index (χ4n) is 0.602. The van der Waals surface area contributed by atoms with E-state index < -0.39 is 31.4 Å². The van der Waals surface area contributed by atoms with Gasteiger partial charge in [0.05, 0.1) is 0 Å². The van der Waals surface area contributed by atoms with E-state index >= 15 is 0 Å². The normalized spacial score (nSPS) is 16.7. The van der Waals surface area contributed by atoms with Crippen LogP contribution in [0.5, 0.6) is 0 Å². The standard InChI is InChI=1S/C5H11O7P.2Na/c1-2(6)3(7)4(8)5(9)13(10,11)12;;/h3-5,7-9H,1H3,(H2,10,11,12);;. The van der Waals surface area contributed by atoms with Crippen molar-refractivity contribution < 1.29 is 34.5 Å². The van der Waals surface area contributed by atoms with Crippen LogP contribution in [0.1, 0.15) is 6.92 Å². The van der Waals surface area contributed by atoms with Crippen molar-refractivity contribution >= 4 is 72.5 Å². The van der Waals surface area contributed by atoms with Gasteiger partial charge in [-0.05, 0) is 6.92 Å². The fraction of sp³-hybridized carbons (Fsp3) is 0.800. The largest absolute Gasteiger partial charge is 0.387 e. The molecule has 3 unspecified atom stereocenters. The molecule has 0 aliphatic rings. The van der Waals surface area contributed by atoms with Crippen molar-refractivity contribution in [3.05, 3.63) is 0 Å². The second-order valence-corrected chi connectivity index (χ2v) is 4.26. The summed E-state index contributed by atoms with van der Waals surface area (Å²) in [6.07, 6.45) is -4.18. The van der Waals surface area contributed by atoms with Crippen LogP contribution in [0.15, 0.2) is 0 Å². The van der Waals surface area contributed by atoms with Gasteiger partial charge in [0.2, 0.25) is 0 Å². The maximum Gasteiger partial charge on any atom is 0.356 e. The Morgan fingerprint density at radius 3 is 1.67 bits per heavy atom. The minimum Gasteiger partial charge on any atom is -0.387 e. The molecule has 0 aromatic carbocycles. The van der Waals surface area contributed by atoms with Gasteiger partial charge in [-0.2, -0.15) is 0 Å². The Kier molecular flexibility index (Phi) is 12.8. The van der Waals surface area contributed by atoms with Crippen LogP contribution < -0.4 is 0 Å². The molecule has 2 radical (unpaired) electrons. The molecule has 80 valence electrons. The van der Waals surface area contributed by atoms with E-state index in [0.717, 1.165) is 6.92 Å². The third-order valence-electron chi connectivity index (χ3n) is 1.39. The molecule has 0 aromatic heterocycles. The predicted octanol–water partition coefficient (Wildman–Crippen LogP) is -2.97. The van der Waals surface area contributed by atoms with E-state index in [1.165, 1.54) is 0 Å². The van der Waals surface area contributed by atoms with E-state index in [0.29, 0.717) is 0 Å². The Bertz CT molecular complexity index is 242. The van der Waals surface area contributed by atoms with Crippen LogP contribution in [0.2, 0.25) is 0 Å². The number of ketones is 1. The van der Waals surface area contributed by atoms with Crippen LogP contribution in [0.25, 0.3) is 0 Å². The fourth-order valence-corrected chi connectivity index (χ4v) is 1.16. The summed E-state index contributed by atoms with van der Waals surface area (Å²) in [5.74, 6) is -3.34. The first kappa shape index (κ1) is 21.9. The summed E-state index contributed by atoms with van der Waals surface area (Å²) in [5.41, 5.74) is 0. The van der Waals surface area contributed by atoms with Crippen LogP contribution in [-0.2, 0) is 9.36 Å². The molecule has 0 fully saturated rings. The zero-order valence-electron chi connectivity index (χ0n) is 8.73. The van der Waals surface area contributed by atoms with Gasteiger partial charge in [-0.25, -0.2) is 0 Å². The van der Waals surface area contributed by atoms with Gasteiger partial charge >= 0.3 is 7.60 Å². The smallest absolute Gasteiger partial charge is 0.356 e. The molecule has 7 nitrogen and oxygen atoms in total. The summed E-state index contributed by atoms with van der Waals surface area (Å²) in [6, 6.07) is 0. The van der Waals surface area contributed by atoms with Gasteiger partial charge in [-0.15, -0.1) is 0 Å². The minimum absolute atomic E-state index is 0. The first-order chi connectivity index (χ1) is 5.68. The van der Waals surface area contributed by atoms with Crippen LogP contribution in [-0.4, -0.2) is 108 Å². The summed E-state index contributed by atoms with van der Waals surface area (Å²) < 4.78 is 10.4. The van der Waals surface area contributed by atoms with Crippen LogP contribution >= 0.6 is 7.60 Å². The van der Waals surface area contributed by atoms with Gasteiger partial charge < -0.3 is 25.1 Å². The first-order valence-electron chi connectivity index (χ1n) is 3.27. The van der Waals surface area contributed by atoms with Gasteiger partial charge in [0.15, 0.2) is 11.6 Å². The van der Waals surface area contributed by atoms with Gasteiger partial charge in [0.25, 0.3) is 0 Å². The third-order valence-corrected chi connectivity index (χ3v) is 2.38. The van der Waals surface area contributed by atoms with E-state index in [2.05, 4.69) is 0 Å². The number of rotatable bonds is 4. The SMILES string of the molecule is CC(=O)C(O)C(O)C(O)P(=O)(O)O.[Na].[Na]. The van der Waals surface area contributed by atoms with Crippen molar-refractivity contribution in [1.82, 2.24) is 0 Å². The van der Waals surface area contributed by atoms with E-state index in [1.807, 2.05) is 0 Å². The molecule has 0 bridgehead atoms. The Hall–Kier alpha value is 1.70. The molecule has 0 spiro atoms. The van der Waals surface area contributed by atoms with E-state index in [9.17, 15) is 9.36 Å². The van der Waals surface area contributed by atoms with Crippen LogP contribution in [0.4, 0.5) is 0 Å². The molecule has 0 aliphatic heterocycles. The Labute approximate surface area is 131 Å². The molecule has 0 saturated heterocycles. The average molecular weight is 260 g/mol. The molecule has 0 amide bonds. The van der Waals surface area contributed by atoms with Crippen LogP contribution in [0.3, 0.4) is 0 Å². The topological polar surface area (TPSA) is 135 Å². The molecular weight excluding hydrogens is 249 g/mol. The molecule has 10 heteroatoms. The maximum absolute atomic E-state index is 10.4. The van der Waals surface area contributed by atoms with Gasteiger partial charge in [-0.1, -0.05) is 0 Å². The molecular formula is C5H11Na2O7P. The monoisotopic (exact) mass is 260 g/mol. The molecule has 15 heavy (non-hydrogen) atoms. The number of hydrogen-bond donors (Lipinski definition) is 5. The molecule has 3 atom stereocenters. The van der Waals surface area contributed by atoms with Crippen LogP contribution in [0, 0.1) is 0 Å². The second kappa shape index (κ2) is 8.74. The second-order valence-electron chi connectivity index (χ2n) is 2.55. The molecule has 5 N–H and O–H groups in total. The summed E-state index contributed by atoms with van der Waals surface area (Å²) in [4.78, 5) is 27.2. The maximum atomic E-state index is 10.4. The predicted molar refractivity (Wildman–Crippen MR) is 52.3 cm³/mol. The number of aliphatic hydroxyl groups excluding tert-OH is 3. The molecule has 0 heterocycles. The Morgan fingerprint density at radius 1 is 1.13 bits per heavy atom. The molecule has 0 aromatic rings. The van der Waals surface area contributed by atoms with Crippen molar-refractivity contribution in [3.63, 3.8) is 0 Å². The van der Waals surface area contributed by atoms with Crippen molar-refractivity contribution in [2.24, 2.45) is 0 Å². The third kappa shape index (κ3) is 7.59. The summed E-state index contributed by atoms with van der Waals surface area (Å²) in [7, 11) is -4.91. The summed E-state index contributed by atoms with van der Waals surface area (Å²) in [6.45, 7) is 0.917. The zero-order valence-corrected chi connectivity index (χ0v) is 13.6. The molecule has 0 saturated carbocycles. The minimum atomic E-state index is -4.91. The van der Waals surface area contributed by atoms with Gasteiger partial charge in [0, 0.05) is 59.1 Å². The van der Waals surface area contributed by atoms with E-state index in [1.54, 1.807) is 0 Å². The quantitative estimate of drug-likeness (QED) is 0.269. The Morgan fingerprint density at radius 2 is 1.47 bits per heavy atom. The number of carbonyl (C=O) groups is 1. The number of Topliss-reactive ketones (excluding diaryl/α,β-unsaturated/α-hetero) is 1. The first-order valence-corrected chi connectivity index (χ1v) is 4.96. The van der Waals surface area contributed by atoms with Crippen molar-refractivity contribution in [3.8, 4) is 0 Å². The number of carbonyl (C=O) groups excluding carboxylic acids is 1. The van der Waals surface area contributed by atoms with Crippen molar-refractivity contribution in [2.45, 2.75) is 25.0 Å². The summed E-state index contributed by atoms with van der Waals surface area (Å²) >= 11 is 0. The molecule has 0 rings (SSSR count). The number of aliphatic hydroxyl groups is 3. The van der Waals surface area contributed by atoms with Crippen molar-refractivity contribution in [2.75, 3.05) is 0 Å². The summed E-state index contributed by atoms with van der Waals surface area (Å²) in [5, 5.41) is 26.5. The van der Waals surface area contributed by atoms with E-state index in [-0.39, 0.29) is 59.1 Å². The number of hydrogen-bond acceptors (Lipinski definition) is 5. The zero-order chi connectivity index (χ0) is 10.8. The molecule has 0 aliphatic carbocycles. The van der Waals surface area contributed by atoms with Crippen molar-refractivity contribution in [1.29, 1.82) is 0 Å². The average Bonchev–Trinajstić information content (AvgIpc) is 1.98.